The minimum Gasteiger partial charge on any atom is -0.477 e. The maximum atomic E-state index is 11.0. The molecule has 1 aromatic heterocycles. The smallest absolute Gasteiger partial charge is 0.353 e. The number of esters is 1. The third-order valence-corrected chi connectivity index (χ3v) is 2.84. The van der Waals surface area contributed by atoms with E-state index in [0.29, 0.717) is 5.69 Å². The molecule has 21 heavy (non-hydrogen) atoms. The van der Waals surface area contributed by atoms with E-state index >= 15 is 0 Å². The summed E-state index contributed by atoms with van der Waals surface area (Å²) in [4.78, 5) is 21.7. The first kappa shape index (κ1) is 14.5. The van der Waals surface area contributed by atoms with Crippen molar-refractivity contribution in [1.29, 1.82) is 0 Å². The van der Waals surface area contributed by atoms with Crippen LogP contribution in [0.25, 0.3) is 17.3 Å². The average Bonchev–Trinajstić information content (AvgIpc) is 2.98. The number of carbonyl (C=O) groups is 2. The number of carbonyl (C=O) groups excluding carboxylic acids is 1. The number of hydrogen-bond acceptors (Lipinski definition) is 4. The van der Waals surface area contributed by atoms with Gasteiger partial charge in [0.25, 0.3) is 0 Å². The second-order valence-corrected chi connectivity index (χ2v) is 4.28. The molecule has 2 N–H and O–H groups in total. The van der Waals surface area contributed by atoms with Crippen LogP contribution in [0.5, 0.6) is 0 Å². The maximum Gasteiger partial charge on any atom is 0.353 e. The fourth-order valence-corrected chi connectivity index (χ4v) is 1.72. The Bertz CT molecular complexity index is 671. The molecule has 1 aromatic carbocycles. The van der Waals surface area contributed by atoms with Crippen LogP contribution in [0.2, 0.25) is 0 Å². The van der Waals surface area contributed by atoms with Crippen LogP contribution in [0.1, 0.15) is 22.5 Å². The van der Waals surface area contributed by atoms with Gasteiger partial charge in [0, 0.05) is 5.56 Å². The van der Waals surface area contributed by atoms with E-state index in [4.69, 9.17) is 5.11 Å². The number of nitrogens with zero attached hydrogens (tertiary/aromatic N) is 1. The molecule has 0 spiro atoms. The quantitative estimate of drug-likeness (QED) is 0.823. The highest BCUT2D eigenvalue weighted by Crippen LogP contribution is 2.19. The van der Waals surface area contributed by atoms with Crippen molar-refractivity contribution in [3.8, 4) is 11.3 Å². The molecule has 0 radical (unpaired) electrons. The molecule has 0 aliphatic carbocycles. The van der Waals surface area contributed by atoms with Crippen molar-refractivity contribution in [2.45, 2.75) is 6.42 Å². The number of aromatic nitrogens is 2. The first-order chi connectivity index (χ1) is 10.1. The lowest BCUT2D eigenvalue weighted by molar-refractivity contribution is -0.139. The standard InChI is InChI=1S/C15H14N2O4/c1-21-14(18)4-2-3-10-5-7-11(8-6-10)12-9-13(15(19)20)17-16-12/h2-3,5-9H,4H2,1H3,(H,16,17)(H,19,20). The maximum absolute atomic E-state index is 11.0. The molecular weight excluding hydrogens is 272 g/mol. The van der Waals surface area contributed by atoms with Crippen LogP contribution in [0.4, 0.5) is 0 Å². The molecule has 1 heterocycles. The summed E-state index contributed by atoms with van der Waals surface area (Å²) in [5, 5.41) is 15.2. The number of hydrogen-bond donors (Lipinski definition) is 2. The zero-order chi connectivity index (χ0) is 15.2. The third kappa shape index (κ3) is 3.79. The first-order valence-electron chi connectivity index (χ1n) is 6.22. The highest BCUT2D eigenvalue weighted by atomic mass is 16.5. The van der Waals surface area contributed by atoms with Crippen molar-refractivity contribution >= 4 is 18.0 Å². The minimum absolute atomic E-state index is 0.0482. The highest BCUT2D eigenvalue weighted by molar-refractivity contribution is 5.86. The molecule has 0 saturated carbocycles. The Hall–Kier alpha value is -2.89. The molecule has 0 aliphatic heterocycles. The number of rotatable bonds is 5. The largest absolute Gasteiger partial charge is 0.477 e. The van der Waals surface area contributed by atoms with Crippen molar-refractivity contribution in [2.24, 2.45) is 0 Å². The molecule has 0 bridgehead atoms. The van der Waals surface area contributed by atoms with Crippen LogP contribution in [-0.4, -0.2) is 34.4 Å². The van der Waals surface area contributed by atoms with Gasteiger partial charge in [-0.15, -0.1) is 0 Å². The summed E-state index contributed by atoms with van der Waals surface area (Å²) in [6.07, 6.45) is 3.76. The molecule has 2 rings (SSSR count). The van der Waals surface area contributed by atoms with Gasteiger partial charge in [0.15, 0.2) is 0 Å². The molecule has 0 fully saturated rings. The van der Waals surface area contributed by atoms with Gasteiger partial charge in [-0.05, 0) is 11.6 Å². The molecule has 0 aliphatic rings. The Labute approximate surface area is 121 Å². The summed E-state index contributed by atoms with van der Waals surface area (Å²) in [5.74, 6) is -1.34. The van der Waals surface area contributed by atoms with Crippen LogP contribution in [0.3, 0.4) is 0 Å². The van der Waals surface area contributed by atoms with E-state index in [1.807, 2.05) is 30.3 Å². The van der Waals surface area contributed by atoms with Gasteiger partial charge < -0.3 is 9.84 Å². The molecule has 0 unspecified atom stereocenters. The van der Waals surface area contributed by atoms with E-state index in [9.17, 15) is 9.59 Å². The lowest BCUT2D eigenvalue weighted by Crippen LogP contribution is -1.96. The van der Waals surface area contributed by atoms with E-state index < -0.39 is 5.97 Å². The fraction of sp³-hybridized carbons (Fsp3) is 0.133. The summed E-state index contributed by atoms with van der Waals surface area (Å²) < 4.78 is 4.54. The van der Waals surface area contributed by atoms with Crippen LogP contribution >= 0.6 is 0 Å². The normalized spacial score (nSPS) is 10.7. The monoisotopic (exact) mass is 286 g/mol. The first-order valence-corrected chi connectivity index (χ1v) is 6.22. The number of carboxylic acid groups (broad SMARTS) is 1. The Balaban J connectivity index is 2.07. The second kappa shape index (κ2) is 6.51. The SMILES string of the molecule is COC(=O)CC=Cc1ccc(-c2cc(C(=O)O)[nH]n2)cc1. The Kier molecular flexibility index (Phi) is 4.50. The molecule has 108 valence electrons. The predicted molar refractivity (Wildman–Crippen MR) is 76.7 cm³/mol. The van der Waals surface area contributed by atoms with Gasteiger partial charge in [-0.2, -0.15) is 5.10 Å². The summed E-state index contributed by atoms with van der Waals surface area (Å²) >= 11 is 0. The lowest BCUT2D eigenvalue weighted by atomic mass is 10.1. The molecular formula is C15H14N2O4. The van der Waals surface area contributed by atoms with Gasteiger partial charge in [0.2, 0.25) is 0 Å². The van der Waals surface area contributed by atoms with Crippen LogP contribution in [0, 0.1) is 0 Å². The van der Waals surface area contributed by atoms with Gasteiger partial charge in [0.05, 0.1) is 19.2 Å². The lowest BCUT2D eigenvalue weighted by Gasteiger charge is -1.98. The minimum atomic E-state index is -1.05. The second-order valence-electron chi connectivity index (χ2n) is 4.28. The number of methoxy groups -OCH3 is 1. The fourth-order valence-electron chi connectivity index (χ4n) is 1.72. The summed E-state index contributed by atoms with van der Waals surface area (Å²) in [6, 6.07) is 8.86. The van der Waals surface area contributed by atoms with Gasteiger partial charge in [-0.25, -0.2) is 4.79 Å². The molecule has 6 heteroatoms. The van der Waals surface area contributed by atoms with Crippen molar-refractivity contribution in [1.82, 2.24) is 10.2 Å². The number of H-pyrrole nitrogens is 1. The number of nitrogens with one attached hydrogen (secondary N) is 1. The van der Waals surface area contributed by atoms with Gasteiger partial charge >= 0.3 is 11.9 Å². The van der Waals surface area contributed by atoms with E-state index in [-0.39, 0.29) is 18.1 Å². The zero-order valence-electron chi connectivity index (χ0n) is 11.4. The summed E-state index contributed by atoms with van der Waals surface area (Å²) in [5.41, 5.74) is 2.35. The van der Waals surface area contributed by atoms with Crippen molar-refractivity contribution in [2.75, 3.05) is 7.11 Å². The van der Waals surface area contributed by atoms with E-state index in [1.54, 1.807) is 6.08 Å². The molecule has 6 nitrogen and oxygen atoms in total. The van der Waals surface area contributed by atoms with Gasteiger partial charge in [0.1, 0.15) is 5.69 Å². The number of aromatic carboxylic acids is 1. The summed E-state index contributed by atoms with van der Waals surface area (Å²) in [6.45, 7) is 0. The molecule has 0 amide bonds. The number of carboxylic acids is 1. The van der Waals surface area contributed by atoms with E-state index in [0.717, 1.165) is 11.1 Å². The van der Waals surface area contributed by atoms with E-state index in [1.165, 1.54) is 13.2 Å². The van der Waals surface area contributed by atoms with Crippen molar-refractivity contribution in [3.05, 3.63) is 47.7 Å². The zero-order valence-corrected chi connectivity index (χ0v) is 11.4. The van der Waals surface area contributed by atoms with Crippen LogP contribution in [-0.2, 0) is 9.53 Å². The molecule has 0 saturated heterocycles. The van der Waals surface area contributed by atoms with Crippen molar-refractivity contribution in [3.63, 3.8) is 0 Å². The molecule has 0 atom stereocenters. The third-order valence-electron chi connectivity index (χ3n) is 2.84. The predicted octanol–water partition coefficient (Wildman–Crippen LogP) is 2.35. The number of aromatic amines is 1. The summed E-state index contributed by atoms with van der Waals surface area (Å²) in [7, 11) is 1.35. The van der Waals surface area contributed by atoms with Crippen LogP contribution < -0.4 is 0 Å². The Morgan fingerprint density at radius 2 is 2.05 bits per heavy atom. The van der Waals surface area contributed by atoms with Gasteiger partial charge in [-0.3, -0.25) is 9.89 Å². The van der Waals surface area contributed by atoms with Gasteiger partial charge in [-0.1, -0.05) is 36.4 Å². The molecule has 2 aromatic rings. The van der Waals surface area contributed by atoms with Crippen molar-refractivity contribution < 1.29 is 19.4 Å². The number of benzene rings is 1. The Morgan fingerprint density at radius 1 is 1.33 bits per heavy atom. The Morgan fingerprint density at radius 3 is 2.62 bits per heavy atom. The van der Waals surface area contributed by atoms with E-state index in [2.05, 4.69) is 14.9 Å². The average molecular weight is 286 g/mol. The highest BCUT2D eigenvalue weighted by Gasteiger charge is 2.08. The van der Waals surface area contributed by atoms with Crippen LogP contribution in [0.15, 0.2) is 36.4 Å². The number of ether oxygens (including phenoxy) is 1. The topological polar surface area (TPSA) is 92.3 Å².